The maximum Gasteiger partial charge on any atom is 0.244 e. The van der Waals surface area contributed by atoms with Crippen LogP contribution in [0.5, 0.6) is 0 Å². The molecule has 156 valence electrons. The Morgan fingerprint density at radius 3 is 2.46 bits per heavy atom. The van der Waals surface area contributed by atoms with Gasteiger partial charge in [-0.25, -0.2) is 4.99 Å². The number of hydrogen-bond donors (Lipinski definition) is 2. The molecular formula is C22H37N5O. The van der Waals surface area contributed by atoms with Crippen molar-refractivity contribution >= 4 is 11.9 Å². The van der Waals surface area contributed by atoms with Crippen molar-refractivity contribution < 1.29 is 4.79 Å². The van der Waals surface area contributed by atoms with E-state index in [1.54, 1.807) is 0 Å². The highest BCUT2D eigenvalue weighted by Gasteiger charge is 2.20. The Morgan fingerprint density at radius 2 is 1.82 bits per heavy atom. The maximum absolute atomic E-state index is 12.6. The fourth-order valence-electron chi connectivity index (χ4n) is 3.71. The van der Waals surface area contributed by atoms with Crippen LogP contribution in [0.25, 0.3) is 0 Å². The van der Waals surface area contributed by atoms with Gasteiger partial charge in [0.15, 0.2) is 5.96 Å². The first kappa shape index (κ1) is 22.2. The molecule has 1 aliphatic rings. The number of rotatable bonds is 8. The van der Waals surface area contributed by atoms with Crippen LogP contribution in [0.1, 0.15) is 45.7 Å². The quantitative estimate of drug-likeness (QED) is 0.531. The van der Waals surface area contributed by atoms with Crippen LogP contribution in [0.3, 0.4) is 0 Å². The molecule has 0 bridgehead atoms. The minimum absolute atomic E-state index is 0.0812. The van der Waals surface area contributed by atoms with Crippen molar-refractivity contribution in [3.8, 4) is 0 Å². The van der Waals surface area contributed by atoms with Gasteiger partial charge in [0, 0.05) is 44.8 Å². The van der Waals surface area contributed by atoms with Crippen molar-refractivity contribution in [3.05, 3.63) is 35.4 Å². The van der Waals surface area contributed by atoms with Gasteiger partial charge < -0.3 is 15.5 Å². The van der Waals surface area contributed by atoms with E-state index in [0.29, 0.717) is 24.6 Å². The van der Waals surface area contributed by atoms with Gasteiger partial charge in [0.2, 0.25) is 5.91 Å². The minimum atomic E-state index is 0.0812. The van der Waals surface area contributed by atoms with Crippen LogP contribution in [0.2, 0.25) is 0 Å². The maximum atomic E-state index is 12.6. The lowest BCUT2D eigenvalue weighted by Gasteiger charge is -2.30. The second kappa shape index (κ2) is 11.1. The van der Waals surface area contributed by atoms with E-state index in [2.05, 4.69) is 66.4 Å². The van der Waals surface area contributed by atoms with E-state index < -0.39 is 0 Å². The van der Waals surface area contributed by atoms with Gasteiger partial charge in [0.1, 0.15) is 6.54 Å². The highest BCUT2D eigenvalue weighted by Crippen LogP contribution is 2.18. The van der Waals surface area contributed by atoms with Gasteiger partial charge in [-0.05, 0) is 52.2 Å². The van der Waals surface area contributed by atoms with Crippen LogP contribution in [-0.2, 0) is 17.8 Å². The van der Waals surface area contributed by atoms with Crippen molar-refractivity contribution in [3.63, 3.8) is 0 Å². The lowest BCUT2D eigenvalue weighted by Crippen LogP contribution is -2.45. The Labute approximate surface area is 170 Å². The summed E-state index contributed by atoms with van der Waals surface area (Å²) in [7, 11) is 0. The summed E-state index contributed by atoms with van der Waals surface area (Å²) >= 11 is 0. The van der Waals surface area contributed by atoms with Crippen LogP contribution in [0.15, 0.2) is 29.3 Å². The normalized spacial score (nSPS) is 14.6. The first-order chi connectivity index (χ1) is 13.4. The van der Waals surface area contributed by atoms with E-state index in [1.165, 1.54) is 11.1 Å². The number of nitrogens with zero attached hydrogens (tertiary/aromatic N) is 3. The molecule has 1 amide bonds. The third-order valence-electron chi connectivity index (χ3n) is 5.19. The summed E-state index contributed by atoms with van der Waals surface area (Å²) < 4.78 is 0. The van der Waals surface area contributed by atoms with Crippen LogP contribution in [0, 0.1) is 0 Å². The molecular weight excluding hydrogens is 350 g/mol. The topological polar surface area (TPSA) is 60.0 Å². The smallest absolute Gasteiger partial charge is 0.244 e. The molecule has 0 atom stereocenters. The summed E-state index contributed by atoms with van der Waals surface area (Å²) in [5.41, 5.74) is 2.60. The van der Waals surface area contributed by atoms with Crippen LogP contribution >= 0.6 is 0 Å². The highest BCUT2D eigenvalue weighted by atomic mass is 16.2. The molecule has 0 fully saturated rings. The van der Waals surface area contributed by atoms with E-state index in [1.807, 2.05) is 17.9 Å². The molecule has 2 N–H and O–H groups in total. The van der Waals surface area contributed by atoms with Crippen molar-refractivity contribution in [1.29, 1.82) is 0 Å². The van der Waals surface area contributed by atoms with Gasteiger partial charge in [-0.3, -0.25) is 9.69 Å². The summed E-state index contributed by atoms with van der Waals surface area (Å²) in [5, 5.41) is 6.60. The summed E-state index contributed by atoms with van der Waals surface area (Å²) in [6, 6.07) is 9.37. The number of benzene rings is 1. The van der Waals surface area contributed by atoms with Crippen LogP contribution < -0.4 is 10.6 Å². The Kier molecular flexibility index (Phi) is 8.77. The standard InChI is InChI=1S/C22H37N5O/c1-6-23-22(24-12-14-27(17(2)3)18(4)5)25-15-21(28)26-13-11-19-9-7-8-10-20(19)16-26/h7-10,17-18H,6,11-16H2,1-5H3,(H2,23,24,25). The highest BCUT2D eigenvalue weighted by molar-refractivity contribution is 5.85. The Hall–Kier alpha value is -2.08. The van der Waals surface area contributed by atoms with Crippen molar-refractivity contribution in [2.75, 3.05) is 32.7 Å². The lowest BCUT2D eigenvalue weighted by molar-refractivity contribution is -0.130. The number of carbonyl (C=O) groups excluding carboxylic acids is 1. The second-order valence-corrected chi connectivity index (χ2v) is 7.88. The number of nitrogens with one attached hydrogen (secondary N) is 2. The average molecular weight is 388 g/mol. The molecule has 1 aromatic rings. The molecule has 0 spiro atoms. The number of aliphatic imine (C=N–C) groups is 1. The molecule has 0 aromatic heterocycles. The fourth-order valence-corrected chi connectivity index (χ4v) is 3.71. The van der Waals surface area contributed by atoms with E-state index in [-0.39, 0.29) is 12.5 Å². The minimum Gasteiger partial charge on any atom is -0.357 e. The van der Waals surface area contributed by atoms with Gasteiger partial charge in [-0.1, -0.05) is 24.3 Å². The third-order valence-corrected chi connectivity index (χ3v) is 5.19. The SMILES string of the molecule is CCNC(=NCC(=O)N1CCc2ccccc2C1)NCCN(C(C)C)C(C)C. The van der Waals surface area contributed by atoms with Gasteiger partial charge in [-0.15, -0.1) is 0 Å². The molecule has 0 radical (unpaired) electrons. The average Bonchev–Trinajstić information content (AvgIpc) is 2.67. The number of fused-ring (bicyclic) bond motifs is 1. The summed E-state index contributed by atoms with van der Waals surface area (Å²) in [6.07, 6.45) is 0.921. The molecule has 28 heavy (non-hydrogen) atoms. The van der Waals surface area contributed by atoms with Crippen LogP contribution in [-0.4, -0.2) is 66.5 Å². The van der Waals surface area contributed by atoms with Gasteiger partial charge in [-0.2, -0.15) is 0 Å². The molecule has 2 rings (SSSR count). The Morgan fingerprint density at radius 1 is 1.14 bits per heavy atom. The Balaban J connectivity index is 1.87. The monoisotopic (exact) mass is 387 g/mol. The molecule has 0 unspecified atom stereocenters. The fraction of sp³-hybridized carbons (Fsp3) is 0.636. The Bertz CT molecular complexity index is 648. The molecule has 6 heteroatoms. The predicted molar refractivity (Wildman–Crippen MR) is 117 cm³/mol. The predicted octanol–water partition coefficient (Wildman–Crippen LogP) is 2.25. The molecule has 1 aliphatic heterocycles. The largest absolute Gasteiger partial charge is 0.357 e. The third kappa shape index (κ3) is 6.51. The number of hydrogen-bond acceptors (Lipinski definition) is 3. The number of amides is 1. The van der Waals surface area contributed by atoms with Crippen LogP contribution in [0.4, 0.5) is 0 Å². The first-order valence-electron chi connectivity index (χ1n) is 10.5. The molecule has 1 heterocycles. The second-order valence-electron chi connectivity index (χ2n) is 7.88. The van der Waals surface area contributed by atoms with Gasteiger partial charge >= 0.3 is 0 Å². The lowest BCUT2D eigenvalue weighted by atomic mass is 10.00. The van der Waals surface area contributed by atoms with Crippen molar-refractivity contribution in [2.45, 2.75) is 59.7 Å². The van der Waals surface area contributed by atoms with E-state index in [9.17, 15) is 4.79 Å². The zero-order chi connectivity index (χ0) is 20.5. The van der Waals surface area contributed by atoms with E-state index in [0.717, 1.165) is 32.6 Å². The summed E-state index contributed by atoms with van der Waals surface area (Å²) in [6.45, 7) is 15.1. The summed E-state index contributed by atoms with van der Waals surface area (Å²) in [5.74, 6) is 0.790. The molecule has 1 aromatic carbocycles. The zero-order valence-electron chi connectivity index (χ0n) is 18.2. The molecule has 0 saturated carbocycles. The molecule has 6 nitrogen and oxygen atoms in total. The van der Waals surface area contributed by atoms with E-state index in [4.69, 9.17) is 0 Å². The molecule has 0 saturated heterocycles. The van der Waals surface area contributed by atoms with Crippen molar-refractivity contribution in [1.82, 2.24) is 20.4 Å². The molecule has 0 aliphatic carbocycles. The first-order valence-corrected chi connectivity index (χ1v) is 10.5. The zero-order valence-corrected chi connectivity index (χ0v) is 18.2. The van der Waals surface area contributed by atoms with E-state index >= 15 is 0 Å². The summed E-state index contributed by atoms with van der Waals surface area (Å²) in [4.78, 5) is 21.5. The number of guanidine groups is 1. The van der Waals surface area contributed by atoms with Gasteiger partial charge in [0.25, 0.3) is 0 Å². The van der Waals surface area contributed by atoms with Crippen molar-refractivity contribution in [2.24, 2.45) is 4.99 Å². The van der Waals surface area contributed by atoms with Gasteiger partial charge in [0.05, 0.1) is 0 Å². The number of carbonyl (C=O) groups is 1.